The first kappa shape index (κ1) is 30.6. The number of rotatable bonds is 5. The van der Waals surface area contributed by atoms with Gasteiger partial charge in [0.05, 0.1) is 10.4 Å². The van der Waals surface area contributed by atoms with Crippen LogP contribution >= 0.6 is 22.7 Å². The molecule has 1 nitrogen and oxygen atoms in total. The molecule has 10 aromatic rings. The fraction of sp³-hybridized carbons (Fsp3) is 0.0400. The van der Waals surface area contributed by atoms with Gasteiger partial charge < -0.3 is 4.90 Å². The molecule has 2 aromatic heterocycles. The van der Waals surface area contributed by atoms with Crippen LogP contribution in [-0.4, -0.2) is 0 Å². The van der Waals surface area contributed by atoms with Gasteiger partial charge in [-0.2, -0.15) is 0 Å². The molecule has 0 spiro atoms. The molecule has 3 heteroatoms. The second kappa shape index (κ2) is 11.8. The lowest BCUT2D eigenvalue weighted by Gasteiger charge is -2.28. The van der Waals surface area contributed by atoms with E-state index in [4.69, 9.17) is 0 Å². The highest BCUT2D eigenvalue weighted by Gasteiger charge is 2.40. The summed E-state index contributed by atoms with van der Waals surface area (Å²) in [4.78, 5) is 2.46. The maximum Gasteiger partial charge on any atom is 0.0640 e. The van der Waals surface area contributed by atoms with Gasteiger partial charge >= 0.3 is 0 Å². The van der Waals surface area contributed by atoms with Gasteiger partial charge in [-0.05, 0) is 100 Å². The Morgan fingerprint density at radius 3 is 1.79 bits per heavy atom. The van der Waals surface area contributed by atoms with Gasteiger partial charge in [0.2, 0.25) is 0 Å². The van der Waals surface area contributed by atoms with Gasteiger partial charge in [0, 0.05) is 52.4 Å². The van der Waals surface area contributed by atoms with Gasteiger partial charge in [-0.15, -0.1) is 22.7 Å². The summed E-state index contributed by atoms with van der Waals surface area (Å²) in [5, 5.41) is 5.21. The lowest BCUT2D eigenvalue weighted by atomic mass is 9.74. The van der Waals surface area contributed by atoms with E-state index in [0.29, 0.717) is 0 Å². The molecule has 0 unspecified atom stereocenters. The molecule has 0 fully saturated rings. The molecule has 0 radical (unpaired) electrons. The number of thiophene rings is 2. The SMILES string of the molecule is CC1(c2ccc3sc4c(N(c5ccc(-c6ccccc6)cc5)c5ccc6sc7ccccc7c6c5)cccc4c3c2)c2ccccc2-c2ccccc21. The molecule has 0 bridgehead atoms. The van der Waals surface area contributed by atoms with Crippen molar-refractivity contribution in [3.63, 3.8) is 0 Å². The van der Waals surface area contributed by atoms with E-state index in [0.717, 1.165) is 11.4 Å². The number of hydrogen-bond donors (Lipinski definition) is 0. The topological polar surface area (TPSA) is 3.24 Å². The van der Waals surface area contributed by atoms with E-state index in [1.165, 1.54) is 85.0 Å². The molecule has 8 aromatic carbocycles. The number of nitrogens with zero attached hydrogens (tertiary/aromatic N) is 1. The van der Waals surface area contributed by atoms with E-state index in [1.54, 1.807) is 0 Å². The Morgan fingerprint density at radius 2 is 1.00 bits per heavy atom. The molecule has 0 aliphatic heterocycles. The molecule has 0 atom stereocenters. The van der Waals surface area contributed by atoms with Crippen LogP contribution in [0.3, 0.4) is 0 Å². The molecular formula is C50H33NS2. The van der Waals surface area contributed by atoms with Crippen molar-refractivity contribution in [1.82, 2.24) is 0 Å². The highest BCUT2D eigenvalue weighted by Crippen LogP contribution is 2.54. The molecule has 1 aliphatic carbocycles. The van der Waals surface area contributed by atoms with Crippen molar-refractivity contribution in [2.75, 3.05) is 4.90 Å². The van der Waals surface area contributed by atoms with Crippen LogP contribution in [0, 0.1) is 0 Å². The second-order valence-electron chi connectivity index (χ2n) is 14.2. The normalized spacial score (nSPS) is 13.2. The Bertz CT molecular complexity index is 2980. The van der Waals surface area contributed by atoms with Crippen LogP contribution in [0.4, 0.5) is 17.1 Å². The van der Waals surface area contributed by atoms with Crippen molar-refractivity contribution in [3.05, 3.63) is 199 Å². The first-order chi connectivity index (χ1) is 26.1. The molecule has 0 saturated heterocycles. The third kappa shape index (κ3) is 4.61. The molecule has 0 N–H and O–H groups in total. The van der Waals surface area contributed by atoms with Crippen LogP contribution in [-0.2, 0) is 5.41 Å². The summed E-state index contributed by atoms with van der Waals surface area (Å²) in [6.07, 6.45) is 0. The Kier molecular flexibility index (Phi) is 6.79. The Labute approximate surface area is 316 Å². The van der Waals surface area contributed by atoms with Crippen molar-refractivity contribution in [3.8, 4) is 22.3 Å². The fourth-order valence-electron chi connectivity index (χ4n) is 8.75. The number of fused-ring (bicyclic) bond motifs is 9. The van der Waals surface area contributed by atoms with Crippen LogP contribution in [0.25, 0.3) is 62.6 Å². The molecule has 1 aliphatic rings. The Morgan fingerprint density at radius 1 is 0.415 bits per heavy atom. The summed E-state index contributed by atoms with van der Waals surface area (Å²) in [5.41, 5.74) is 12.5. The van der Waals surface area contributed by atoms with Gasteiger partial charge in [0.25, 0.3) is 0 Å². The van der Waals surface area contributed by atoms with Crippen molar-refractivity contribution >= 4 is 80.1 Å². The lowest BCUT2D eigenvalue weighted by molar-refractivity contribution is 0.715. The zero-order valence-corrected chi connectivity index (χ0v) is 30.7. The summed E-state index contributed by atoms with van der Waals surface area (Å²) >= 11 is 3.76. The zero-order chi connectivity index (χ0) is 35.1. The number of benzene rings is 8. The average Bonchev–Trinajstić information content (AvgIpc) is 3.87. The van der Waals surface area contributed by atoms with Crippen LogP contribution in [0.1, 0.15) is 23.6 Å². The van der Waals surface area contributed by atoms with Crippen LogP contribution < -0.4 is 4.90 Å². The van der Waals surface area contributed by atoms with E-state index < -0.39 is 0 Å². The predicted molar refractivity (Wildman–Crippen MR) is 230 cm³/mol. The van der Waals surface area contributed by atoms with Gasteiger partial charge in [0.15, 0.2) is 0 Å². The third-order valence-corrected chi connectivity index (χ3v) is 13.7. The van der Waals surface area contributed by atoms with E-state index in [9.17, 15) is 0 Å². The Hall–Kier alpha value is -6.00. The molecule has 53 heavy (non-hydrogen) atoms. The maximum absolute atomic E-state index is 2.47. The van der Waals surface area contributed by atoms with Crippen molar-refractivity contribution in [1.29, 1.82) is 0 Å². The van der Waals surface area contributed by atoms with Crippen molar-refractivity contribution in [2.45, 2.75) is 12.3 Å². The monoisotopic (exact) mass is 711 g/mol. The minimum atomic E-state index is -0.238. The van der Waals surface area contributed by atoms with E-state index in [-0.39, 0.29) is 5.41 Å². The maximum atomic E-state index is 2.47. The minimum absolute atomic E-state index is 0.238. The highest BCUT2D eigenvalue weighted by molar-refractivity contribution is 7.26. The number of hydrogen-bond acceptors (Lipinski definition) is 3. The average molecular weight is 712 g/mol. The summed E-state index contributed by atoms with van der Waals surface area (Å²) in [6.45, 7) is 2.41. The second-order valence-corrected chi connectivity index (χ2v) is 16.3. The van der Waals surface area contributed by atoms with E-state index in [1.807, 2.05) is 22.7 Å². The number of anilines is 3. The molecule has 11 rings (SSSR count). The first-order valence-corrected chi connectivity index (χ1v) is 19.8. The van der Waals surface area contributed by atoms with Gasteiger partial charge in [0.1, 0.15) is 0 Å². The quantitative estimate of drug-likeness (QED) is 0.172. The predicted octanol–water partition coefficient (Wildman–Crippen LogP) is 14.9. The molecule has 0 saturated carbocycles. The molecular weight excluding hydrogens is 679 g/mol. The lowest BCUT2D eigenvalue weighted by Crippen LogP contribution is -2.22. The van der Waals surface area contributed by atoms with Gasteiger partial charge in [-0.3, -0.25) is 0 Å². The van der Waals surface area contributed by atoms with Crippen LogP contribution in [0.15, 0.2) is 182 Å². The molecule has 0 amide bonds. The standard InChI is InChI=1S/C50H33NS2/c1-50(43-18-8-5-14-37(43)38-15-6-9-19-44(38)50)34-24-28-48-41(30-34)40-17-11-20-45(49(40)53-48)51(35-25-22-33(23-26-35)32-12-3-2-4-13-32)36-27-29-47-42(31-36)39-16-7-10-21-46(39)52-47/h2-31H,1H3. The minimum Gasteiger partial charge on any atom is -0.309 e. The van der Waals surface area contributed by atoms with Crippen molar-refractivity contribution < 1.29 is 0 Å². The Balaban J connectivity index is 1.11. The molecule has 2 heterocycles. The van der Waals surface area contributed by atoms with E-state index in [2.05, 4.69) is 194 Å². The fourth-order valence-corrected chi connectivity index (χ4v) is 11.0. The van der Waals surface area contributed by atoms with Crippen LogP contribution in [0.5, 0.6) is 0 Å². The largest absolute Gasteiger partial charge is 0.309 e. The van der Waals surface area contributed by atoms with Gasteiger partial charge in [-0.25, -0.2) is 0 Å². The third-order valence-electron chi connectivity index (χ3n) is 11.4. The van der Waals surface area contributed by atoms with Crippen molar-refractivity contribution in [2.24, 2.45) is 0 Å². The van der Waals surface area contributed by atoms with Crippen LogP contribution in [0.2, 0.25) is 0 Å². The smallest absolute Gasteiger partial charge is 0.0640 e. The summed E-state index contributed by atoms with van der Waals surface area (Å²) in [6, 6.07) is 67.4. The van der Waals surface area contributed by atoms with Gasteiger partial charge in [-0.1, -0.05) is 127 Å². The first-order valence-electron chi connectivity index (χ1n) is 18.2. The van der Waals surface area contributed by atoms with E-state index >= 15 is 0 Å². The zero-order valence-electron chi connectivity index (χ0n) is 29.1. The summed E-state index contributed by atoms with van der Waals surface area (Å²) in [7, 11) is 0. The summed E-state index contributed by atoms with van der Waals surface area (Å²) in [5.74, 6) is 0. The molecule has 250 valence electrons. The summed E-state index contributed by atoms with van der Waals surface area (Å²) < 4.78 is 5.23. The highest BCUT2D eigenvalue weighted by atomic mass is 32.1.